The maximum Gasteiger partial charge on any atom is 0.389 e. The van der Waals surface area contributed by atoms with E-state index in [2.05, 4.69) is 12.6 Å². The van der Waals surface area contributed by atoms with E-state index in [9.17, 15) is 26.3 Å². The van der Waals surface area contributed by atoms with Crippen molar-refractivity contribution in [3.05, 3.63) is 30.3 Å². The van der Waals surface area contributed by atoms with Crippen LogP contribution in [0, 0.1) is 0 Å². The van der Waals surface area contributed by atoms with Gasteiger partial charge in [-0.25, -0.2) is 0 Å². The highest BCUT2D eigenvalue weighted by molar-refractivity contribution is 7.58. The largest absolute Gasteiger partial charge is 0.389 e. The molecule has 0 spiro atoms. The van der Waals surface area contributed by atoms with Crippen LogP contribution in [0.3, 0.4) is 0 Å². The van der Waals surface area contributed by atoms with E-state index in [0.717, 1.165) is 4.90 Å². The Morgan fingerprint density at radius 2 is 1.12 bits per heavy atom. The Balaban J connectivity index is 0.000000318. The van der Waals surface area contributed by atoms with Gasteiger partial charge in [0.2, 0.25) is 0 Å². The summed E-state index contributed by atoms with van der Waals surface area (Å²) in [5.41, 5.74) is 0. The summed E-state index contributed by atoms with van der Waals surface area (Å²) in [7, 11) is 0. The first-order valence-corrected chi connectivity index (χ1v) is 5.00. The molecule has 0 amide bonds. The van der Waals surface area contributed by atoms with Gasteiger partial charge in [0.25, 0.3) is 0 Å². The number of hydrogen-bond acceptors (Lipinski definition) is 0. The van der Waals surface area contributed by atoms with Crippen molar-refractivity contribution in [2.24, 2.45) is 0 Å². The molecule has 0 fully saturated rings. The van der Waals surface area contributed by atoms with Gasteiger partial charge < -0.3 is 0 Å². The van der Waals surface area contributed by atoms with Gasteiger partial charge in [-0.3, -0.25) is 0 Å². The SMILES string of the molecule is FC(F)(F)CCC(F)(F)F.[SH2+]c1ccccc1. The smallest absolute Gasteiger partial charge is 0.171 e. The molecule has 1 rings (SSSR count). The second-order valence-electron chi connectivity index (χ2n) is 3.10. The highest BCUT2D eigenvalue weighted by atomic mass is 32.1. The molecule has 0 atom stereocenters. The molecule has 1 aromatic rings. The number of alkyl halides is 6. The van der Waals surface area contributed by atoms with Crippen LogP contribution < -0.4 is 0 Å². The third-order valence-corrected chi connectivity index (χ3v) is 1.80. The quantitative estimate of drug-likeness (QED) is 0.538. The molecule has 0 saturated heterocycles. The molecule has 0 aliphatic rings. The normalized spacial score (nSPS) is 11.7. The zero-order chi connectivity index (χ0) is 13.5. The molecule has 0 aliphatic carbocycles. The standard InChI is InChI=1S/C6H6S.C4H4F6/c7-6-4-2-1-3-5-6;5-3(6,7)1-2-4(8,9)10/h1-5,7H;1-2H2/p+1. The molecule has 1 aromatic carbocycles. The first kappa shape index (κ1) is 16.1. The molecule has 98 valence electrons. The van der Waals surface area contributed by atoms with E-state index in [-0.39, 0.29) is 0 Å². The zero-order valence-corrected chi connectivity index (χ0v) is 9.57. The Hall–Kier alpha value is -0.850. The van der Waals surface area contributed by atoms with Crippen LogP contribution in [0.5, 0.6) is 0 Å². The zero-order valence-electron chi connectivity index (χ0n) is 8.57. The highest BCUT2D eigenvalue weighted by Crippen LogP contribution is 2.29. The molecule has 0 aromatic heterocycles. The first-order chi connectivity index (χ1) is 7.60. The molecule has 0 saturated carbocycles. The summed E-state index contributed by atoms with van der Waals surface area (Å²) in [4.78, 5) is 1.13. The molecule has 0 radical (unpaired) electrons. The van der Waals surface area contributed by atoms with E-state index < -0.39 is 25.2 Å². The lowest BCUT2D eigenvalue weighted by atomic mass is 10.3. The number of benzene rings is 1. The molecule has 0 aliphatic heterocycles. The minimum Gasteiger partial charge on any atom is -0.171 e. The van der Waals surface area contributed by atoms with Gasteiger partial charge in [0.15, 0.2) is 0 Å². The van der Waals surface area contributed by atoms with Crippen molar-refractivity contribution < 1.29 is 26.3 Å². The van der Waals surface area contributed by atoms with Crippen molar-refractivity contribution in [3.63, 3.8) is 0 Å². The van der Waals surface area contributed by atoms with Crippen molar-refractivity contribution in [1.29, 1.82) is 0 Å². The van der Waals surface area contributed by atoms with E-state index in [4.69, 9.17) is 0 Å². The number of rotatable bonds is 1. The lowest BCUT2D eigenvalue weighted by molar-refractivity contribution is -0.183. The lowest BCUT2D eigenvalue weighted by Gasteiger charge is -2.07. The highest BCUT2D eigenvalue weighted by Gasteiger charge is 2.36. The van der Waals surface area contributed by atoms with Crippen LogP contribution in [-0.2, 0) is 12.6 Å². The van der Waals surface area contributed by atoms with Crippen LogP contribution in [0.15, 0.2) is 35.2 Å². The third-order valence-electron chi connectivity index (χ3n) is 1.47. The van der Waals surface area contributed by atoms with Crippen LogP contribution in [0.4, 0.5) is 26.3 Å². The summed E-state index contributed by atoms with van der Waals surface area (Å²) in [5, 5.41) is 0. The van der Waals surface area contributed by atoms with E-state index in [1.807, 2.05) is 30.3 Å². The van der Waals surface area contributed by atoms with E-state index in [0.29, 0.717) is 0 Å². The van der Waals surface area contributed by atoms with Gasteiger partial charge in [0.1, 0.15) is 4.90 Å². The lowest BCUT2D eigenvalue weighted by Crippen LogP contribution is -2.15. The average Bonchev–Trinajstić information content (AvgIpc) is 2.15. The minimum atomic E-state index is -4.71. The van der Waals surface area contributed by atoms with Gasteiger partial charge in [-0.2, -0.15) is 26.3 Å². The Morgan fingerprint density at radius 3 is 1.29 bits per heavy atom. The molecule has 0 N–H and O–H groups in total. The Bertz CT molecular complexity index is 289. The molecule has 0 heterocycles. The van der Waals surface area contributed by atoms with Gasteiger partial charge >= 0.3 is 12.4 Å². The van der Waals surface area contributed by atoms with Crippen molar-refractivity contribution in [3.8, 4) is 0 Å². The van der Waals surface area contributed by atoms with Crippen molar-refractivity contribution in [2.75, 3.05) is 0 Å². The predicted octanol–water partition coefficient (Wildman–Crippen LogP) is 3.95. The van der Waals surface area contributed by atoms with Crippen LogP contribution in [-0.4, -0.2) is 12.4 Å². The predicted molar refractivity (Wildman–Crippen MR) is 56.2 cm³/mol. The molecular formula is C10H11F6S+. The first-order valence-electron chi connectivity index (χ1n) is 4.50. The molecular weight excluding hydrogens is 266 g/mol. The fourth-order valence-electron chi connectivity index (χ4n) is 0.722. The minimum absolute atomic E-state index is 1.13. The van der Waals surface area contributed by atoms with Gasteiger partial charge in [-0.15, -0.1) is 0 Å². The summed E-state index contributed by atoms with van der Waals surface area (Å²) in [6.07, 6.45) is -13.0. The van der Waals surface area contributed by atoms with Crippen molar-refractivity contribution in [2.45, 2.75) is 30.1 Å². The van der Waals surface area contributed by atoms with Crippen molar-refractivity contribution >= 4 is 12.6 Å². The fraction of sp³-hybridized carbons (Fsp3) is 0.400. The fourth-order valence-corrected chi connectivity index (χ4v) is 0.914. The van der Waals surface area contributed by atoms with Crippen LogP contribution in [0.25, 0.3) is 0 Å². The monoisotopic (exact) mass is 277 g/mol. The Kier molecular flexibility index (Phi) is 6.44. The van der Waals surface area contributed by atoms with Crippen LogP contribution >= 0.6 is 0 Å². The van der Waals surface area contributed by atoms with Gasteiger partial charge in [0, 0.05) is 0 Å². The Labute approximate surface area is 100 Å². The summed E-state index contributed by atoms with van der Waals surface area (Å²) in [5.74, 6) is 0. The van der Waals surface area contributed by atoms with Gasteiger partial charge in [-0.05, 0) is 24.8 Å². The van der Waals surface area contributed by atoms with Gasteiger partial charge in [-0.1, -0.05) is 18.2 Å². The summed E-state index contributed by atoms with van der Waals surface area (Å²) in [6.45, 7) is 0. The molecule has 0 bridgehead atoms. The van der Waals surface area contributed by atoms with E-state index in [1.54, 1.807) is 0 Å². The summed E-state index contributed by atoms with van der Waals surface area (Å²) in [6, 6.07) is 9.96. The summed E-state index contributed by atoms with van der Waals surface area (Å²) < 4.78 is 66.5. The maximum absolute atomic E-state index is 11.1. The van der Waals surface area contributed by atoms with Gasteiger partial charge in [0.05, 0.1) is 12.8 Å². The second kappa shape index (κ2) is 6.78. The Morgan fingerprint density at radius 1 is 0.765 bits per heavy atom. The second-order valence-corrected chi connectivity index (χ2v) is 3.67. The maximum atomic E-state index is 11.1. The van der Waals surface area contributed by atoms with Crippen molar-refractivity contribution in [1.82, 2.24) is 0 Å². The van der Waals surface area contributed by atoms with E-state index in [1.165, 1.54) is 0 Å². The molecule has 0 unspecified atom stereocenters. The molecule has 7 heteroatoms. The number of halogens is 6. The third kappa shape index (κ3) is 13.1. The molecule has 17 heavy (non-hydrogen) atoms. The van der Waals surface area contributed by atoms with Crippen LogP contribution in [0.1, 0.15) is 12.8 Å². The van der Waals surface area contributed by atoms with Crippen LogP contribution in [0.2, 0.25) is 0 Å². The number of hydrogen-bond donors (Lipinski definition) is 0. The topological polar surface area (TPSA) is 0 Å². The average molecular weight is 277 g/mol. The van der Waals surface area contributed by atoms with E-state index >= 15 is 0 Å². The summed E-state index contributed by atoms with van der Waals surface area (Å²) >= 11 is 3.36. The molecule has 0 nitrogen and oxygen atoms in total.